The van der Waals surface area contributed by atoms with Gasteiger partial charge in [0, 0.05) is 30.4 Å². The molecule has 0 aliphatic rings. The molecule has 10 nitrogen and oxygen atoms in total. The van der Waals surface area contributed by atoms with E-state index in [0.29, 0.717) is 16.8 Å². The molecule has 0 fully saturated rings. The van der Waals surface area contributed by atoms with E-state index in [1.54, 1.807) is 33.2 Å². The summed E-state index contributed by atoms with van der Waals surface area (Å²) in [5, 5.41) is 22.3. The number of pyridine rings is 1. The SMILES string of the molecule is Cc1ccc(NC(=O)Cn2nc(C)c3c(C(F)F)cc(-c4cnn(C)c4)nc32)c([N+](=O)[O-])c1. The van der Waals surface area contributed by atoms with Crippen LogP contribution in [0.1, 0.15) is 23.2 Å². The van der Waals surface area contributed by atoms with Gasteiger partial charge in [0.2, 0.25) is 5.91 Å². The maximum atomic E-state index is 13.9. The highest BCUT2D eigenvalue weighted by Crippen LogP contribution is 2.33. The number of hydrogen-bond acceptors (Lipinski definition) is 6. The number of anilines is 1. The second-order valence-electron chi connectivity index (χ2n) is 7.57. The molecule has 0 unspecified atom stereocenters. The number of fused-ring (bicyclic) bond motifs is 1. The Kier molecular flexibility index (Phi) is 5.58. The Morgan fingerprint density at radius 1 is 1.27 bits per heavy atom. The minimum Gasteiger partial charge on any atom is -0.319 e. The predicted molar refractivity (Wildman–Crippen MR) is 116 cm³/mol. The van der Waals surface area contributed by atoms with Gasteiger partial charge in [-0.25, -0.2) is 18.4 Å². The van der Waals surface area contributed by atoms with Crippen LogP contribution in [0.25, 0.3) is 22.3 Å². The molecular formula is C21H19F2N7O3. The lowest BCUT2D eigenvalue weighted by atomic mass is 10.1. The average molecular weight is 455 g/mol. The molecule has 1 amide bonds. The normalized spacial score (nSPS) is 11.3. The molecule has 3 aromatic heterocycles. The number of carbonyl (C=O) groups excluding carboxylic acids is 1. The van der Waals surface area contributed by atoms with E-state index in [1.165, 1.54) is 33.8 Å². The average Bonchev–Trinajstić information content (AvgIpc) is 3.32. The van der Waals surface area contributed by atoms with E-state index in [2.05, 4.69) is 20.5 Å². The number of nitrogens with one attached hydrogen (secondary N) is 1. The first kappa shape index (κ1) is 22.0. The monoisotopic (exact) mass is 455 g/mol. The first-order chi connectivity index (χ1) is 15.6. The lowest BCUT2D eigenvalue weighted by molar-refractivity contribution is -0.384. The Labute approximate surface area is 186 Å². The molecule has 33 heavy (non-hydrogen) atoms. The van der Waals surface area contributed by atoms with E-state index in [4.69, 9.17) is 0 Å². The third-order valence-corrected chi connectivity index (χ3v) is 5.06. The van der Waals surface area contributed by atoms with Crippen LogP contribution in [0, 0.1) is 24.0 Å². The van der Waals surface area contributed by atoms with Crippen molar-refractivity contribution in [2.45, 2.75) is 26.8 Å². The van der Waals surface area contributed by atoms with Crippen molar-refractivity contribution in [3.05, 3.63) is 63.6 Å². The Morgan fingerprint density at radius 3 is 2.67 bits per heavy atom. The minimum atomic E-state index is -2.79. The Hall–Kier alpha value is -4.22. The van der Waals surface area contributed by atoms with Crippen molar-refractivity contribution >= 4 is 28.3 Å². The molecule has 4 aromatic rings. The van der Waals surface area contributed by atoms with Crippen LogP contribution in [0.2, 0.25) is 0 Å². The summed E-state index contributed by atoms with van der Waals surface area (Å²) in [7, 11) is 1.69. The van der Waals surface area contributed by atoms with Gasteiger partial charge in [-0.05, 0) is 31.5 Å². The lowest BCUT2D eigenvalue weighted by Gasteiger charge is -2.09. The van der Waals surface area contributed by atoms with Gasteiger partial charge in [-0.3, -0.25) is 19.6 Å². The van der Waals surface area contributed by atoms with Crippen molar-refractivity contribution < 1.29 is 18.5 Å². The molecule has 12 heteroatoms. The number of nitrogens with zero attached hydrogens (tertiary/aromatic N) is 6. The zero-order valence-electron chi connectivity index (χ0n) is 17.9. The fourth-order valence-corrected chi connectivity index (χ4v) is 3.59. The molecule has 1 N–H and O–H groups in total. The molecular weight excluding hydrogens is 436 g/mol. The fourth-order valence-electron chi connectivity index (χ4n) is 3.59. The molecule has 0 radical (unpaired) electrons. The summed E-state index contributed by atoms with van der Waals surface area (Å²) in [6.07, 6.45) is 0.353. The second kappa shape index (κ2) is 8.37. The number of nitro benzene ring substituents is 1. The number of alkyl halides is 2. The first-order valence-corrected chi connectivity index (χ1v) is 9.84. The lowest BCUT2D eigenvalue weighted by Crippen LogP contribution is -2.20. The number of aryl methyl sites for hydroxylation is 3. The van der Waals surface area contributed by atoms with Crippen LogP contribution in [-0.4, -0.2) is 35.4 Å². The summed E-state index contributed by atoms with van der Waals surface area (Å²) in [6, 6.07) is 5.71. The Balaban J connectivity index is 1.73. The zero-order valence-corrected chi connectivity index (χ0v) is 17.9. The molecule has 0 spiro atoms. The molecule has 0 saturated carbocycles. The van der Waals surface area contributed by atoms with E-state index in [9.17, 15) is 23.7 Å². The first-order valence-electron chi connectivity index (χ1n) is 9.84. The van der Waals surface area contributed by atoms with Crippen molar-refractivity contribution in [3.8, 4) is 11.3 Å². The molecule has 1 aromatic carbocycles. The van der Waals surface area contributed by atoms with Gasteiger partial charge in [-0.2, -0.15) is 10.2 Å². The number of amides is 1. The van der Waals surface area contributed by atoms with Gasteiger partial charge in [0.15, 0.2) is 5.65 Å². The maximum absolute atomic E-state index is 13.9. The van der Waals surface area contributed by atoms with Crippen LogP contribution in [0.15, 0.2) is 36.7 Å². The number of rotatable bonds is 6. The summed E-state index contributed by atoms with van der Waals surface area (Å²) < 4.78 is 30.5. The van der Waals surface area contributed by atoms with Gasteiger partial charge in [-0.1, -0.05) is 6.07 Å². The summed E-state index contributed by atoms with van der Waals surface area (Å²) >= 11 is 0. The Morgan fingerprint density at radius 2 is 2.03 bits per heavy atom. The summed E-state index contributed by atoms with van der Waals surface area (Å²) in [4.78, 5) is 27.9. The van der Waals surface area contributed by atoms with Crippen molar-refractivity contribution in [2.75, 3.05) is 5.32 Å². The Bertz CT molecular complexity index is 1390. The number of benzene rings is 1. The number of hydrogen-bond donors (Lipinski definition) is 1. The minimum absolute atomic E-state index is 0.0288. The highest BCUT2D eigenvalue weighted by Gasteiger charge is 2.23. The topological polar surface area (TPSA) is 121 Å². The summed E-state index contributed by atoms with van der Waals surface area (Å²) in [6.45, 7) is 2.88. The predicted octanol–water partition coefficient (Wildman–Crippen LogP) is 3.93. The fraction of sp³-hybridized carbons (Fsp3) is 0.238. The highest BCUT2D eigenvalue weighted by atomic mass is 19.3. The van der Waals surface area contributed by atoms with Crippen LogP contribution in [0.3, 0.4) is 0 Å². The molecule has 0 bridgehead atoms. The third kappa shape index (κ3) is 4.27. The van der Waals surface area contributed by atoms with Gasteiger partial charge in [-0.15, -0.1) is 0 Å². The maximum Gasteiger partial charge on any atom is 0.293 e. The smallest absolute Gasteiger partial charge is 0.293 e. The van der Waals surface area contributed by atoms with Crippen molar-refractivity contribution in [1.82, 2.24) is 24.5 Å². The van der Waals surface area contributed by atoms with Gasteiger partial charge in [0.05, 0.1) is 27.9 Å². The molecule has 0 saturated heterocycles. The van der Waals surface area contributed by atoms with Crippen molar-refractivity contribution in [1.29, 1.82) is 0 Å². The van der Waals surface area contributed by atoms with E-state index >= 15 is 0 Å². The third-order valence-electron chi connectivity index (χ3n) is 5.06. The standard InChI is InChI=1S/C21H19F2N7O3/c1-11-4-5-15(17(6-11)30(32)33)25-18(31)10-29-21-19(12(2)27-29)14(20(22)23)7-16(26-21)13-8-24-28(3)9-13/h4-9,20H,10H2,1-3H3,(H,25,31). The number of halogens is 2. The van der Waals surface area contributed by atoms with E-state index in [-0.39, 0.29) is 40.2 Å². The number of nitro groups is 1. The van der Waals surface area contributed by atoms with Gasteiger partial charge < -0.3 is 5.32 Å². The molecule has 0 aliphatic carbocycles. The molecule has 0 atom stereocenters. The van der Waals surface area contributed by atoms with Gasteiger partial charge >= 0.3 is 0 Å². The van der Waals surface area contributed by atoms with Crippen LogP contribution < -0.4 is 5.32 Å². The number of aromatic nitrogens is 5. The molecule has 0 aliphatic heterocycles. The molecule has 3 heterocycles. The molecule has 4 rings (SSSR count). The van der Waals surface area contributed by atoms with Crippen LogP contribution in [0.4, 0.5) is 20.2 Å². The zero-order chi connectivity index (χ0) is 23.9. The van der Waals surface area contributed by atoms with E-state index in [1.807, 2.05) is 0 Å². The largest absolute Gasteiger partial charge is 0.319 e. The highest BCUT2D eigenvalue weighted by molar-refractivity contribution is 5.94. The van der Waals surface area contributed by atoms with E-state index in [0.717, 1.165) is 0 Å². The van der Waals surface area contributed by atoms with Gasteiger partial charge in [0.25, 0.3) is 12.1 Å². The summed E-state index contributed by atoms with van der Waals surface area (Å²) in [5.41, 5.74) is 1.39. The quantitative estimate of drug-likeness (QED) is 0.347. The van der Waals surface area contributed by atoms with Crippen molar-refractivity contribution in [3.63, 3.8) is 0 Å². The van der Waals surface area contributed by atoms with Gasteiger partial charge in [0.1, 0.15) is 12.2 Å². The van der Waals surface area contributed by atoms with E-state index < -0.39 is 17.3 Å². The molecule has 170 valence electrons. The van der Waals surface area contributed by atoms with Crippen molar-refractivity contribution in [2.24, 2.45) is 7.05 Å². The summed E-state index contributed by atoms with van der Waals surface area (Å²) in [5.74, 6) is -0.612. The van der Waals surface area contributed by atoms with Crippen LogP contribution >= 0.6 is 0 Å². The second-order valence-corrected chi connectivity index (χ2v) is 7.57. The number of carbonyl (C=O) groups is 1. The van der Waals surface area contributed by atoms with Crippen LogP contribution in [0.5, 0.6) is 0 Å². The van der Waals surface area contributed by atoms with Crippen LogP contribution in [-0.2, 0) is 18.4 Å².